The molecule has 4 heterocycles. The minimum absolute atomic E-state index is 0.0631. The SMILES string of the molecule is O=C(CN1CCOc2ccccc2C1)NC1CCN(c2nccc(C3CCOCC3)n2)C1. The lowest BCUT2D eigenvalue weighted by Gasteiger charge is -2.23. The Hall–Kier alpha value is -2.71. The van der Waals surface area contributed by atoms with Crippen molar-refractivity contribution in [1.29, 1.82) is 0 Å². The highest BCUT2D eigenvalue weighted by Crippen LogP contribution is 2.27. The van der Waals surface area contributed by atoms with Crippen molar-refractivity contribution in [3.63, 3.8) is 0 Å². The van der Waals surface area contributed by atoms with Crippen LogP contribution in [0.3, 0.4) is 0 Å². The number of benzene rings is 1. The van der Waals surface area contributed by atoms with Gasteiger partial charge in [-0.15, -0.1) is 0 Å². The Morgan fingerprint density at radius 2 is 1.97 bits per heavy atom. The minimum Gasteiger partial charge on any atom is -0.492 e. The molecule has 0 saturated carbocycles. The van der Waals surface area contributed by atoms with Crippen molar-refractivity contribution in [1.82, 2.24) is 20.2 Å². The van der Waals surface area contributed by atoms with E-state index in [2.05, 4.69) is 26.2 Å². The van der Waals surface area contributed by atoms with E-state index in [0.29, 0.717) is 19.1 Å². The second kappa shape index (κ2) is 9.83. The topological polar surface area (TPSA) is 79.8 Å². The van der Waals surface area contributed by atoms with Gasteiger partial charge in [0.25, 0.3) is 0 Å². The fraction of sp³-hybridized carbons (Fsp3) is 0.542. The van der Waals surface area contributed by atoms with E-state index in [1.807, 2.05) is 30.5 Å². The Labute approximate surface area is 188 Å². The normalized spacial score (nSPS) is 22.1. The molecular weight excluding hydrogens is 406 g/mol. The number of amides is 1. The summed E-state index contributed by atoms with van der Waals surface area (Å²) in [4.78, 5) is 26.4. The summed E-state index contributed by atoms with van der Waals surface area (Å²) >= 11 is 0. The summed E-state index contributed by atoms with van der Waals surface area (Å²) in [5, 5.41) is 3.21. The summed E-state index contributed by atoms with van der Waals surface area (Å²) in [6.07, 6.45) is 4.79. The molecule has 5 rings (SSSR count). The molecule has 1 N–H and O–H groups in total. The van der Waals surface area contributed by atoms with Gasteiger partial charge >= 0.3 is 0 Å². The number of hydrogen-bond donors (Lipinski definition) is 1. The van der Waals surface area contributed by atoms with E-state index >= 15 is 0 Å². The van der Waals surface area contributed by atoms with Crippen LogP contribution >= 0.6 is 0 Å². The maximum atomic E-state index is 12.7. The number of carbonyl (C=O) groups excluding carboxylic acids is 1. The second-order valence-electron chi connectivity index (χ2n) is 8.83. The predicted molar refractivity (Wildman–Crippen MR) is 121 cm³/mol. The molecule has 170 valence electrons. The predicted octanol–water partition coefficient (Wildman–Crippen LogP) is 1.96. The van der Waals surface area contributed by atoms with E-state index in [1.54, 1.807) is 0 Å². The molecule has 0 radical (unpaired) electrons. The molecule has 2 saturated heterocycles. The first-order valence-corrected chi connectivity index (χ1v) is 11.6. The number of nitrogens with one attached hydrogen (secondary N) is 1. The van der Waals surface area contributed by atoms with Crippen LogP contribution in [0, 0.1) is 0 Å². The fourth-order valence-corrected chi connectivity index (χ4v) is 4.79. The van der Waals surface area contributed by atoms with Crippen LogP contribution < -0.4 is 15.0 Å². The van der Waals surface area contributed by atoms with Gasteiger partial charge in [-0.3, -0.25) is 9.69 Å². The molecule has 2 fully saturated rings. The molecule has 1 aromatic carbocycles. The lowest BCUT2D eigenvalue weighted by molar-refractivity contribution is -0.123. The standard InChI is InChI=1S/C24H31N5O3/c30-23(17-28-11-14-32-22-4-2-1-3-19(22)15-28)26-20-6-10-29(16-20)24-25-9-5-21(27-24)18-7-12-31-13-8-18/h1-5,9,18,20H,6-8,10-17H2,(H,26,30). The Kier molecular flexibility index (Phi) is 6.50. The number of aromatic nitrogens is 2. The molecular formula is C24H31N5O3. The number of rotatable bonds is 5. The number of fused-ring (bicyclic) bond motifs is 1. The highest BCUT2D eigenvalue weighted by molar-refractivity contribution is 5.78. The van der Waals surface area contributed by atoms with Crippen LogP contribution in [0.1, 0.15) is 36.4 Å². The number of ether oxygens (including phenoxy) is 2. The molecule has 1 atom stereocenters. The molecule has 32 heavy (non-hydrogen) atoms. The number of nitrogens with zero attached hydrogens (tertiary/aromatic N) is 4. The van der Waals surface area contributed by atoms with Gasteiger partial charge in [0.05, 0.1) is 6.54 Å². The maximum Gasteiger partial charge on any atom is 0.234 e. The maximum absolute atomic E-state index is 12.7. The van der Waals surface area contributed by atoms with Crippen molar-refractivity contribution in [2.45, 2.75) is 37.8 Å². The first kappa shape index (κ1) is 21.2. The zero-order valence-corrected chi connectivity index (χ0v) is 18.4. The summed E-state index contributed by atoms with van der Waals surface area (Å²) in [6.45, 7) is 5.65. The van der Waals surface area contributed by atoms with Crippen molar-refractivity contribution in [2.75, 3.05) is 50.9 Å². The smallest absolute Gasteiger partial charge is 0.234 e. The van der Waals surface area contributed by atoms with Crippen LogP contribution in [0.15, 0.2) is 36.5 Å². The van der Waals surface area contributed by atoms with Crippen molar-refractivity contribution in [3.8, 4) is 5.75 Å². The van der Waals surface area contributed by atoms with Gasteiger partial charge in [0.1, 0.15) is 12.4 Å². The first-order chi connectivity index (χ1) is 15.7. The quantitative estimate of drug-likeness (QED) is 0.766. The zero-order valence-electron chi connectivity index (χ0n) is 18.4. The fourth-order valence-electron chi connectivity index (χ4n) is 4.79. The molecule has 8 heteroatoms. The van der Waals surface area contributed by atoms with E-state index in [0.717, 1.165) is 81.6 Å². The molecule has 1 aromatic heterocycles. The van der Waals surface area contributed by atoms with E-state index in [9.17, 15) is 4.79 Å². The molecule has 8 nitrogen and oxygen atoms in total. The molecule has 0 aliphatic carbocycles. The van der Waals surface area contributed by atoms with Gasteiger partial charge in [-0.1, -0.05) is 18.2 Å². The van der Waals surface area contributed by atoms with Crippen LogP contribution in [0.4, 0.5) is 5.95 Å². The Bertz CT molecular complexity index is 933. The van der Waals surface area contributed by atoms with Crippen LogP contribution in [-0.4, -0.2) is 72.8 Å². The first-order valence-electron chi connectivity index (χ1n) is 11.6. The summed E-state index contributed by atoms with van der Waals surface area (Å²) in [5.74, 6) is 2.20. The lowest BCUT2D eigenvalue weighted by Crippen LogP contribution is -2.43. The van der Waals surface area contributed by atoms with E-state index in [-0.39, 0.29) is 11.9 Å². The Balaban J connectivity index is 1.14. The molecule has 2 aromatic rings. The number of anilines is 1. The molecule has 3 aliphatic rings. The molecule has 0 spiro atoms. The second-order valence-corrected chi connectivity index (χ2v) is 8.83. The lowest BCUT2D eigenvalue weighted by atomic mass is 9.96. The van der Waals surface area contributed by atoms with E-state index < -0.39 is 0 Å². The van der Waals surface area contributed by atoms with Gasteiger partial charge < -0.3 is 19.7 Å². The molecule has 1 amide bonds. The van der Waals surface area contributed by atoms with Crippen molar-refractivity contribution in [3.05, 3.63) is 47.8 Å². The Morgan fingerprint density at radius 1 is 1.09 bits per heavy atom. The van der Waals surface area contributed by atoms with Gasteiger partial charge in [-0.05, 0) is 31.4 Å². The number of hydrogen-bond acceptors (Lipinski definition) is 7. The van der Waals surface area contributed by atoms with Crippen molar-refractivity contribution >= 4 is 11.9 Å². The highest BCUT2D eigenvalue weighted by Gasteiger charge is 2.27. The van der Waals surface area contributed by atoms with E-state index in [4.69, 9.17) is 14.5 Å². The van der Waals surface area contributed by atoms with Crippen molar-refractivity contribution in [2.24, 2.45) is 0 Å². The summed E-state index contributed by atoms with van der Waals surface area (Å²) in [6, 6.07) is 10.2. The molecule has 1 unspecified atom stereocenters. The van der Waals surface area contributed by atoms with Crippen molar-refractivity contribution < 1.29 is 14.3 Å². The zero-order chi connectivity index (χ0) is 21.8. The monoisotopic (exact) mass is 437 g/mol. The highest BCUT2D eigenvalue weighted by atomic mass is 16.5. The van der Waals surface area contributed by atoms with Crippen LogP contribution in [0.25, 0.3) is 0 Å². The molecule has 3 aliphatic heterocycles. The van der Waals surface area contributed by atoms with Crippen LogP contribution in [0.2, 0.25) is 0 Å². The van der Waals surface area contributed by atoms with Gasteiger partial charge in [0, 0.05) is 68.8 Å². The summed E-state index contributed by atoms with van der Waals surface area (Å²) in [7, 11) is 0. The third-order valence-electron chi connectivity index (χ3n) is 6.54. The number of carbonyl (C=O) groups is 1. The Morgan fingerprint density at radius 3 is 2.88 bits per heavy atom. The van der Waals surface area contributed by atoms with Crippen LogP contribution in [0.5, 0.6) is 5.75 Å². The largest absolute Gasteiger partial charge is 0.492 e. The van der Waals surface area contributed by atoms with Gasteiger partial charge in [-0.2, -0.15) is 0 Å². The molecule has 0 bridgehead atoms. The minimum atomic E-state index is 0.0631. The summed E-state index contributed by atoms with van der Waals surface area (Å²) < 4.78 is 11.3. The van der Waals surface area contributed by atoms with Crippen LogP contribution in [-0.2, 0) is 16.1 Å². The van der Waals surface area contributed by atoms with E-state index in [1.165, 1.54) is 0 Å². The number of para-hydroxylation sites is 1. The summed E-state index contributed by atoms with van der Waals surface area (Å²) in [5.41, 5.74) is 2.24. The van der Waals surface area contributed by atoms with Gasteiger partial charge in [0.15, 0.2) is 0 Å². The average molecular weight is 438 g/mol. The third kappa shape index (κ3) is 5.02. The average Bonchev–Trinajstić information content (AvgIpc) is 3.19. The van der Waals surface area contributed by atoms with Gasteiger partial charge in [-0.25, -0.2) is 9.97 Å². The third-order valence-corrected chi connectivity index (χ3v) is 6.54. The van der Waals surface area contributed by atoms with Gasteiger partial charge in [0.2, 0.25) is 11.9 Å².